The van der Waals surface area contributed by atoms with Gasteiger partial charge in [-0.25, -0.2) is 8.42 Å². The van der Waals surface area contributed by atoms with Crippen LogP contribution >= 0.6 is 0 Å². The zero-order valence-corrected chi connectivity index (χ0v) is 12.3. The Balaban J connectivity index is 2.36. The highest BCUT2D eigenvalue weighted by Crippen LogP contribution is 2.24. The molecule has 0 aromatic heterocycles. The van der Waals surface area contributed by atoms with E-state index < -0.39 is 14.9 Å². The minimum absolute atomic E-state index is 0.0178. The fourth-order valence-electron chi connectivity index (χ4n) is 1.92. The number of rotatable bonds is 4. The van der Waals surface area contributed by atoms with E-state index in [0.717, 1.165) is 11.1 Å². The van der Waals surface area contributed by atoms with E-state index in [4.69, 9.17) is 0 Å². The van der Waals surface area contributed by atoms with Gasteiger partial charge in [0.05, 0.1) is 15.5 Å². The van der Waals surface area contributed by atoms with Crippen molar-refractivity contribution in [3.63, 3.8) is 0 Å². The van der Waals surface area contributed by atoms with Crippen molar-refractivity contribution < 1.29 is 13.3 Å². The van der Waals surface area contributed by atoms with Gasteiger partial charge in [-0.15, -0.1) is 0 Å². The lowest BCUT2D eigenvalue weighted by Gasteiger charge is -2.13. The van der Waals surface area contributed by atoms with Gasteiger partial charge in [-0.3, -0.25) is 14.8 Å². The smallest absolute Gasteiger partial charge is 0.269 e. The van der Waals surface area contributed by atoms with Gasteiger partial charge in [0.25, 0.3) is 15.7 Å². The van der Waals surface area contributed by atoms with Crippen molar-refractivity contribution in [2.45, 2.75) is 18.7 Å². The van der Waals surface area contributed by atoms with E-state index in [9.17, 15) is 18.5 Å². The minimum atomic E-state index is -3.77. The van der Waals surface area contributed by atoms with Gasteiger partial charge in [0.2, 0.25) is 0 Å². The van der Waals surface area contributed by atoms with Crippen LogP contribution in [0.4, 0.5) is 11.4 Å². The van der Waals surface area contributed by atoms with Crippen LogP contribution in [-0.2, 0) is 10.0 Å². The number of benzene rings is 2. The minimum Gasteiger partial charge on any atom is -0.279 e. The number of nitro groups is 1. The molecule has 0 aliphatic heterocycles. The third-order valence-electron chi connectivity index (χ3n) is 3.08. The summed E-state index contributed by atoms with van der Waals surface area (Å²) < 4.78 is 27.1. The van der Waals surface area contributed by atoms with Gasteiger partial charge in [-0.05, 0) is 37.1 Å². The first-order valence-electron chi connectivity index (χ1n) is 6.15. The molecule has 0 atom stereocenters. The van der Waals surface area contributed by atoms with Gasteiger partial charge >= 0.3 is 0 Å². The SMILES string of the molecule is Cc1cccc(C)c1NS(=O)(=O)c1ccc([N+](=O)[O-])cc1. The monoisotopic (exact) mass is 306 g/mol. The fraction of sp³-hybridized carbons (Fsp3) is 0.143. The van der Waals surface area contributed by atoms with E-state index >= 15 is 0 Å². The van der Waals surface area contributed by atoms with Crippen LogP contribution in [-0.4, -0.2) is 13.3 Å². The Kier molecular flexibility index (Phi) is 3.95. The van der Waals surface area contributed by atoms with Gasteiger partial charge in [0, 0.05) is 12.1 Å². The maximum absolute atomic E-state index is 12.3. The Morgan fingerprint density at radius 3 is 2.00 bits per heavy atom. The van der Waals surface area contributed by atoms with Crippen LogP contribution in [0.1, 0.15) is 11.1 Å². The molecule has 0 aliphatic carbocycles. The summed E-state index contributed by atoms with van der Waals surface area (Å²) >= 11 is 0. The molecule has 0 amide bonds. The van der Waals surface area contributed by atoms with E-state index in [2.05, 4.69) is 4.72 Å². The second-order valence-corrected chi connectivity index (χ2v) is 6.31. The van der Waals surface area contributed by atoms with E-state index in [0.29, 0.717) is 5.69 Å². The molecular weight excluding hydrogens is 292 g/mol. The second-order valence-electron chi connectivity index (χ2n) is 4.62. The first-order valence-corrected chi connectivity index (χ1v) is 7.63. The zero-order chi connectivity index (χ0) is 15.6. The highest BCUT2D eigenvalue weighted by atomic mass is 32.2. The number of non-ortho nitro benzene ring substituents is 1. The number of hydrogen-bond donors (Lipinski definition) is 1. The lowest BCUT2D eigenvalue weighted by Crippen LogP contribution is -2.14. The first-order chi connectivity index (χ1) is 9.81. The summed E-state index contributed by atoms with van der Waals surface area (Å²) in [6.07, 6.45) is 0. The molecule has 6 nitrogen and oxygen atoms in total. The Bertz CT molecular complexity index is 763. The summed E-state index contributed by atoms with van der Waals surface area (Å²) in [6, 6.07) is 10.2. The molecule has 0 fully saturated rings. The van der Waals surface area contributed by atoms with Crippen LogP contribution in [0.3, 0.4) is 0 Å². The topological polar surface area (TPSA) is 89.3 Å². The van der Waals surface area contributed by atoms with Crippen molar-refractivity contribution in [2.75, 3.05) is 4.72 Å². The molecule has 0 unspecified atom stereocenters. The van der Waals surface area contributed by atoms with E-state index in [1.807, 2.05) is 6.07 Å². The molecule has 0 saturated heterocycles. The standard InChI is InChI=1S/C14H14N2O4S/c1-10-4-3-5-11(2)14(10)15-21(19,20)13-8-6-12(7-9-13)16(17)18/h3-9,15H,1-2H3. The first kappa shape index (κ1) is 15.0. The van der Waals surface area contributed by atoms with Gasteiger partial charge in [0.1, 0.15) is 0 Å². The van der Waals surface area contributed by atoms with Gasteiger partial charge < -0.3 is 0 Å². The maximum atomic E-state index is 12.3. The van der Waals surface area contributed by atoms with Crippen molar-refractivity contribution in [1.82, 2.24) is 0 Å². The van der Waals surface area contributed by atoms with Crippen LogP contribution in [0.15, 0.2) is 47.4 Å². The number of aryl methyl sites for hydroxylation is 2. The Morgan fingerprint density at radius 2 is 1.52 bits per heavy atom. The number of sulfonamides is 1. The quantitative estimate of drug-likeness (QED) is 0.694. The van der Waals surface area contributed by atoms with Crippen LogP contribution in [0, 0.1) is 24.0 Å². The molecule has 2 aromatic rings. The van der Waals surface area contributed by atoms with Gasteiger partial charge in [-0.1, -0.05) is 18.2 Å². The summed E-state index contributed by atoms with van der Waals surface area (Å²) in [5, 5.41) is 10.6. The Morgan fingerprint density at radius 1 is 1.00 bits per heavy atom. The summed E-state index contributed by atoms with van der Waals surface area (Å²) in [7, 11) is -3.77. The number of anilines is 1. The van der Waals surface area contributed by atoms with Crippen LogP contribution in [0.2, 0.25) is 0 Å². The Labute approximate surface area is 122 Å². The number of nitro benzene ring substituents is 1. The normalized spacial score (nSPS) is 11.1. The summed E-state index contributed by atoms with van der Waals surface area (Å²) in [5.74, 6) is 0. The van der Waals surface area contributed by atoms with Crippen LogP contribution in [0.25, 0.3) is 0 Å². The maximum Gasteiger partial charge on any atom is 0.269 e. The van der Waals surface area contributed by atoms with Gasteiger partial charge in [0.15, 0.2) is 0 Å². The second kappa shape index (κ2) is 5.53. The third-order valence-corrected chi connectivity index (χ3v) is 4.44. The molecule has 2 aromatic carbocycles. The van der Waals surface area contributed by atoms with Crippen molar-refractivity contribution in [3.05, 3.63) is 63.7 Å². The molecule has 2 rings (SSSR count). The van der Waals surface area contributed by atoms with E-state index in [1.165, 1.54) is 24.3 Å². The predicted molar refractivity (Wildman–Crippen MR) is 79.8 cm³/mol. The molecule has 1 N–H and O–H groups in total. The van der Waals surface area contributed by atoms with Crippen LogP contribution in [0.5, 0.6) is 0 Å². The van der Waals surface area contributed by atoms with Crippen molar-refractivity contribution in [3.8, 4) is 0 Å². The van der Waals surface area contributed by atoms with Crippen LogP contribution < -0.4 is 4.72 Å². The average molecular weight is 306 g/mol. The van der Waals surface area contributed by atoms with Crippen molar-refractivity contribution in [1.29, 1.82) is 0 Å². The molecule has 0 radical (unpaired) electrons. The number of para-hydroxylation sites is 1. The lowest BCUT2D eigenvalue weighted by molar-refractivity contribution is -0.384. The van der Waals surface area contributed by atoms with Gasteiger partial charge in [-0.2, -0.15) is 0 Å². The molecule has 21 heavy (non-hydrogen) atoms. The molecule has 110 valence electrons. The summed E-state index contributed by atoms with van der Waals surface area (Å²) in [6.45, 7) is 3.61. The van der Waals surface area contributed by atoms with Crippen molar-refractivity contribution >= 4 is 21.4 Å². The fourth-order valence-corrected chi connectivity index (χ4v) is 3.12. The molecular formula is C14H14N2O4S. The zero-order valence-electron chi connectivity index (χ0n) is 11.5. The predicted octanol–water partition coefficient (Wildman–Crippen LogP) is 3.01. The molecule has 0 aliphatic rings. The van der Waals surface area contributed by atoms with E-state index in [-0.39, 0.29) is 10.6 Å². The highest BCUT2D eigenvalue weighted by Gasteiger charge is 2.17. The summed E-state index contributed by atoms with van der Waals surface area (Å²) in [4.78, 5) is 9.99. The molecule has 0 heterocycles. The Hall–Kier alpha value is -2.41. The molecule has 0 saturated carbocycles. The average Bonchev–Trinajstić information content (AvgIpc) is 2.43. The number of hydrogen-bond acceptors (Lipinski definition) is 4. The largest absolute Gasteiger partial charge is 0.279 e. The lowest BCUT2D eigenvalue weighted by atomic mass is 10.1. The summed E-state index contributed by atoms with van der Waals surface area (Å²) in [5.41, 5.74) is 1.98. The number of nitrogens with one attached hydrogen (secondary N) is 1. The molecule has 0 spiro atoms. The third kappa shape index (κ3) is 3.19. The molecule has 7 heteroatoms. The molecule has 0 bridgehead atoms. The highest BCUT2D eigenvalue weighted by molar-refractivity contribution is 7.92. The van der Waals surface area contributed by atoms with E-state index in [1.54, 1.807) is 26.0 Å². The van der Waals surface area contributed by atoms with Crippen molar-refractivity contribution in [2.24, 2.45) is 0 Å². The number of nitrogens with zero attached hydrogens (tertiary/aromatic N) is 1.